The van der Waals surface area contributed by atoms with Gasteiger partial charge in [-0.1, -0.05) is 6.07 Å². The van der Waals surface area contributed by atoms with E-state index in [-0.39, 0.29) is 17.2 Å². The number of aliphatic hydroxyl groups excluding tert-OH is 1. The van der Waals surface area contributed by atoms with Crippen molar-refractivity contribution in [2.75, 3.05) is 26.2 Å². The summed E-state index contributed by atoms with van der Waals surface area (Å²) in [6.07, 6.45) is 4.87. The normalized spacial score (nSPS) is 22.9. The summed E-state index contributed by atoms with van der Waals surface area (Å²) in [6, 6.07) is 5.75. The summed E-state index contributed by atoms with van der Waals surface area (Å²) in [7, 11) is 0. The Hall–Kier alpha value is -1.95. The Kier molecular flexibility index (Phi) is 5.37. The first-order valence-electron chi connectivity index (χ1n) is 9.09. The minimum atomic E-state index is -0.455. The molecule has 3 rings (SSSR count). The summed E-state index contributed by atoms with van der Waals surface area (Å²) in [6.45, 7) is 4.11. The average Bonchev–Trinajstić information content (AvgIpc) is 2.60. The molecule has 6 heteroatoms. The van der Waals surface area contributed by atoms with Crippen LogP contribution in [-0.2, 0) is 16.0 Å². The number of pyridine rings is 1. The predicted octanol–water partition coefficient (Wildman–Crippen LogP) is 1.24. The van der Waals surface area contributed by atoms with Gasteiger partial charge in [0.1, 0.15) is 0 Å². The Balaban J connectivity index is 1.52. The lowest BCUT2D eigenvalue weighted by atomic mass is 9.71. The van der Waals surface area contributed by atoms with E-state index in [9.17, 15) is 14.7 Å². The number of hydrogen-bond donors (Lipinski definition) is 1. The van der Waals surface area contributed by atoms with Crippen LogP contribution in [0.3, 0.4) is 0 Å². The Bertz CT molecular complexity index is 612. The number of piperidine rings is 2. The molecular formula is C19H27N3O3. The number of likely N-dealkylation sites (tertiary alicyclic amines) is 2. The minimum absolute atomic E-state index is 0.0204. The molecule has 0 aliphatic carbocycles. The number of rotatable bonds is 3. The van der Waals surface area contributed by atoms with Crippen LogP contribution in [0.2, 0.25) is 0 Å². The van der Waals surface area contributed by atoms with Crippen molar-refractivity contribution in [2.45, 2.75) is 45.1 Å². The van der Waals surface area contributed by atoms with Crippen LogP contribution in [0.15, 0.2) is 24.4 Å². The number of carbonyl (C=O) groups excluding carboxylic acids is 2. The molecule has 1 N–H and O–H groups in total. The van der Waals surface area contributed by atoms with Crippen molar-refractivity contribution < 1.29 is 14.7 Å². The van der Waals surface area contributed by atoms with Gasteiger partial charge in [-0.3, -0.25) is 14.6 Å². The van der Waals surface area contributed by atoms with Gasteiger partial charge in [0.25, 0.3) is 0 Å². The third-order valence-corrected chi connectivity index (χ3v) is 5.57. The van der Waals surface area contributed by atoms with Gasteiger partial charge in [-0.25, -0.2) is 0 Å². The summed E-state index contributed by atoms with van der Waals surface area (Å²) < 4.78 is 0. The fourth-order valence-electron chi connectivity index (χ4n) is 4.12. The molecule has 25 heavy (non-hydrogen) atoms. The predicted molar refractivity (Wildman–Crippen MR) is 93.7 cm³/mol. The highest BCUT2D eigenvalue weighted by atomic mass is 16.3. The number of β-amino-alcohol motifs (C(OH)–C–C–N with tert-alkyl or cyclic N) is 1. The summed E-state index contributed by atoms with van der Waals surface area (Å²) in [5.74, 6) is 0.187. The number of aryl methyl sites for hydroxylation is 1. The van der Waals surface area contributed by atoms with Gasteiger partial charge in [0.2, 0.25) is 11.8 Å². The zero-order valence-corrected chi connectivity index (χ0v) is 14.9. The van der Waals surface area contributed by atoms with E-state index in [1.165, 1.54) is 0 Å². The highest BCUT2D eigenvalue weighted by Gasteiger charge is 2.42. The smallest absolute Gasteiger partial charge is 0.222 e. The van der Waals surface area contributed by atoms with Crippen LogP contribution in [0, 0.1) is 5.41 Å². The molecule has 136 valence electrons. The second-order valence-electron chi connectivity index (χ2n) is 7.46. The van der Waals surface area contributed by atoms with E-state index in [4.69, 9.17) is 0 Å². The highest BCUT2D eigenvalue weighted by Crippen LogP contribution is 2.40. The standard InChI is InChI=1S/C19H27N3O3/c1-15(23)22-13-17(24)12-19(14-22)7-10-21(11-8-19)18(25)6-5-16-4-2-3-9-20-16/h2-4,9,17,24H,5-8,10-14H2,1H3. The molecule has 0 aromatic carbocycles. The van der Waals surface area contributed by atoms with Crippen molar-refractivity contribution >= 4 is 11.8 Å². The van der Waals surface area contributed by atoms with Crippen molar-refractivity contribution in [2.24, 2.45) is 5.41 Å². The Morgan fingerprint density at radius 3 is 2.68 bits per heavy atom. The zero-order chi connectivity index (χ0) is 17.9. The molecule has 1 atom stereocenters. The van der Waals surface area contributed by atoms with E-state index in [0.717, 1.165) is 25.0 Å². The topological polar surface area (TPSA) is 73.7 Å². The minimum Gasteiger partial charge on any atom is -0.391 e. The SMILES string of the molecule is CC(=O)N1CC(O)CC2(CCN(C(=O)CCc3ccccn3)CC2)C1. The number of aliphatic hydroxyl groups is 1. The molecule has 2 amide bonds. The quantitative estimate of drug-likeness (QED) is 0.894. The lowest BCUT2D eigenvalue weighted by molar-refractivity contribution is -0.142. The van der Waals surface area contributed by atoms with Crippen molar-refractivity contribution in [1.82, 2.24) is 14.8 Å². The number of carbonyl (C=O) groups is 2. The van der Waals surface area contributed by atoms with Gasteiger partial charge in [-0.2, -0.15) is 0 Å². The molecule has 1 spiro atoms. The Morgan fingerprint density at radius 1 is 1.28 bits per heavy atom. The van der Waals surface area contributed by atoms with E-state index in [2.05, 4.69) is 4.98 Å². The highest BCUT2D eigenvalue weighted by molar-refractivity contribution is 5.76. The molecule has 0 saturated carbocycles. The van der Waals surface area contributed by atoms with Gasteiger partial charge in [-0.15, -0.1) is 0 Å². The molecule has 2 aliphatic heterocycles. The third kappa shape index (κ3) is 4.37. The van der Waals surface area contributed by atoms with Gasteiger partial charge in [0.05, 0.1) is 6.10 Å². The first kappa shape index (κ1) is 17.9. The third-order valence-electron chi connectivity index (χ3n) is 5.57. The van der Waals surface area contributed by atoms with Crippen molar-refractivity contribution in [1.29, 1.82) is 0 Å². The molecular weight excluding hydrogens is 318 g/mol. The summed E-state index contributed by atoms with van der Waals surface area (Å²) in [5, 5.41) is 10.1. The molecule has 2 fully saturated rings. The molecule has 3 heterocycles. The summed E-state index contributed by atoms with van der Waals surface area (Å²) in [5.41, 5.74) is 0.901. The maximum Gasteiger partial charge on any atom is 0.222 e. The van der Waals surface area contributed by atoms with Crippen LogP contribution < -0.4 is 0 Å². The molecule has 1 unspecified atom stereocenters. The van der Waals surface area contributed by atoms with Crippen LogP contribution in [0.25, 0.3) is 0 Å². The van der Waals surface area contributed by atoms with Crippen molar-refractivity contribution in [3.63, 3.8) is 0 Å². The molecule has 2 aliphatic rings. The first-order chi connectivity index (χ1) is 12.0. The number of nitrogens with zero attached hydrogens (tertiary/aromatic N) is 3. The van der Waals surface area contributed by atoms with E-state index >= 15 is 0 Å². The summed E-state index contributed by atoms with van der Waals surface area (Å²) in [4.78, 5) is 32.1. The fraction of sp³-hybridized carbons (Fsp3) is 0.632. The molecule has 1 aromatic heterocycles. The second-order valence-corrected chi connectivity index (χ2v) is 7.46. The fourth-order valence-corrected chi connectivity index (χ4v) is 4.12. The van der Waals surface area contributed by atoms with E-state index in [0.29, 0.717) is 39.0 Å². The van der Waals surface area contributed by atoms with Gasteiger partial charge in [0.15, 0.2) is 0 Å². The number of aromatic nitrogens is 1. The largest absolute Gasteiger partial charge is 0.391 e. The van der Waals surface area contributed by atoms with E-state index < -0.39 is 6.10 Å². The first-order valence-corrected chi connectivity index (χ1v) is 9.09. The van der Waals surface area contributed by atoms with Gasteiger partial charge in [0, 0.05) is 51.4 Å². The second kappa shape index (κ2) is 7.52. The molecule has 0 bridgehead atoms. The van der Waals surface area contributed by atoms with Crippen LogP contribution in [-0.4, -0.2) is 64.0 Å². The van der Waals surface area contributed by atoms with Gasteiger partial charge >= 0.3 is 0 Å². The molecule has 6 nitrogen and oxygen atoms in total. The lowest BCUT2D eigenvalue weighted by Crippen LogP contribution is -2.55. The monoisotopic (exact) mass is 345 g/mol. The molecule has 2 saturated heterocycles. The average molecular weight is 345 g/mol. The number of hydrogen-bond acceptors (Lipinski definition) is 4. The van der Waals surface area contributed by atoms with Crippen molar-refractivity contribution in [3.05, 3.63) is 30.1 Å². The maximum absolute atomic E-state index is 12.5. The maximum atomic E-state index is 12.5. The van der Waals surface area contributed by atoms with Crippen LogP contribution in [0.1, 0.15) is 38.3 Å². The molecule has 1 aromatic rings. The van der Waals surface area contributed by atoms with E-state index in [1.54, 1.807) is 18.0 Å². The van der Waals surface area contributed by atoms with Crippen LogP contribution >= 0.6 is 0 Å². The number of amides is 2. The Morgan fingerprint density at radius 2 is 2.04 bits per heavy atom. The summed E-state index contributed by atoms with van der Waals surface area (Å²) >= 11 is 0. The lowest BCUT2D eigenvalue weighted by Gasteiger charge is -2.49. The molecule has 0 radical (unpaired) electrons. The van der Waals surface area contributed by atoms with E-state index in [1.807, 2.05) is 23.1 Å². The van der Waals surface area contributed by atoms with Gasteiger partial charge < -0.3 is 14.9 Å². The Labute approximate surface area is 148 Å². The van der Waals surface area contributed by atoms with Crippen molar-refractivity contribution in [3.8, 4) is 0 Å². The van der Waals surface area contributed by atoms with Crippen LogP contribution in [0.4, 0.5) is 0 Å². The zero-order valence-electron chi connectivity index (χ0n) is 14.9. The van der Waals surface area contributed by atoms with Crippen LogP contribution in [0.5, 0.6) is 0 Å². The van der Waals surface area contributed by atoms with Gasteiger partial charge in [-0.05, 0) is 43.2 Å².